The summed E-state index contributed by atoms with van der Waals surface area (Å²) >= 11 is 0. The fourth-order valence-electron chi connectivity index (χ4n) is 3.19. The van der Waals surface area contributed by atoms with Gasteiger partial charge in [0.05, 0.1) is 32.8 Å². The van der Waals surface area contributed by atoms with Gasteiger partial charge < -0.3 is 25.2 Å². The molecule has 172 valence electrons. The minimum absolute atomic E-state index is 0.0222. The fourth-order valence-corrected chi connectivity index (χ4v) is 3.19. The van der Waals surface area contributed by atoms with Crippen molar-refractivity contribution in [3.05, 3.63) is 24.3 Å². The number of morpholine rings is 1. The van der Waals surface area contributed by atoms with E-state index in [1.807, 2.05) is 45.0 Å². The topological polar surface area (TPSA) is 94.2 Å². The Bertz CT molecular complexity index is 754. The van der Waals surface area contributed by atoms with Gasteiger partial charge in [-0.25, -0.2) is 0 Å². The molecule has 0 aromatic heterocycles. The van der Waals surface area contributed by atoms with E-state index in [-0.39, 0.29) is 42.9 Å². The van der Waals surface area contributed by atoms with Crippen LogP contribution in [0.1, 0.15) is 20.8 Å². The third-order valence-electron chi connectivity index (χ3n) is 4.67. The molecule has 2 N–H and O–H groups in total. The summed E-state index contributed by atoms with van der Waals surface area (Å²) in [4.78, 5) is 41.9. The molecule has 3 amide bonds. The molecule has 0 aliphatic carbocycles. The van der Waals surface area contributed by atoms with Crippen LogP contribution in [0.2, 0.25) is 0 Å². The van der Waals surface area contributed by atoms with Crippen LogP contribution >= 0.6 is 0 Å². The second kappa shape index (κ2) is 11.1. The normalized spacial score (nSPS) is 14.3. The highest BCUT2D eigenvalue weighted by Gasteiger charge is 2.19. The molecule has 9 heteroatoms. The number of likely N-dealkylation sites (N-methyl/N-ethyl adjacent to an activating group) is 2. The van der Waals surface area contributed by atoms with E-state index in [2.05, 4.69) is 15.5 Å². The summed E-state index contributed by atoms with van der Waals surface area (Å²) in [5, 5.41) is 5.67. The summed E-state index contributed by atoms with van der Waals surface area (Å²) < 4.78 is 5.36. The van der Waals surface area contributed by atoms with Crippen LogP contribution in [0.4, 0.5) is 11.4 Å². The number of amides is 3. The van der Waals surface area contributed by atoms with Crippen LogP contribution in [-0.2, 0) is 19.1 Å². The zero-order valence-electron chi connectivity index (χ0n) is 19.2. The zero-order valence-corrected chi connectivity index (χ0v) is 19.2. The molecule has 0 bridgehead atoms. The predicted molar refractivity (Wildman–Crippen MR) is 121 cm³/mol. The molecule has 1 saturated heterocycles. The third-order valence-corrected chi connectivity index (χ3v) is 4.67. The van der Waals surface area contributed by atoms with Crippen LogP contribution in [0, 0.1) is 0 Å². The largest absolute Gasteiger partial charge is 0.378 e. The summed E-state index contributed by atoms with van der Waals surface area (Å²) in [6.45, 7) is 8.90. The zero-order chi connectivity index (χ0) is 23.0. The smallest absolute Gasteiger partial charge is 0.240 e. The Morgan fingerprint density at radius 1 is 0.968 bits per heavy atom. The number of anilines is 2. The summed E-state index contributed by atoms with van der Waals surface area (Å²) in [7, 11) is 3.27. The van der Waals surface area contributed by atoms with Gasteiger partial charge in [0.25, 0.3) is 0 Å². The monoisotopic (exact) mass is 433 g/mol. The molecular formula is C22H35N5O4. The molecule has 1 aliphatic heterocycles. The molecule has 9 nitrogen and oxygen atoms in total. The van der Waals surface area contributed by atoms with E-state index in [4.69, 9.17) is 4.74 Å². The number of ether oxygens (including phenoxy) is 1. The van der Waals surface area contributed by atoms with Crippen LogP contribution < -0.4 is 15.5 Å². The van der Waals surface area contributed by atoms with Crippen LogP contribution in [0.25, 0.3) is 0 Å². The maximum Gasteiger partial charge on any atom is 0.240 e. The Balaban J connectivity index is 1.76. The molecule has 1 heterocycles. The molecule has 1 aromatic rings. The van der Waals surface area contributed by atoms with Crippen molar-refractivity contribution in [2.24, 2.45) is 0 Å². The highest BCUT2D eigenvalue weighted by atomic mass is 16.5. The Hall–Kier alpha value is -2.65. The number of hydrogen-bond acceptors (Lipinski definition) is 6. The fraction of sp³-hybridized carbons (Fsp3) is 0.591. The van der Waals surface area contributed by atoms with Crippen molar-refractivity contribution in [3.63, 3.8) is 0 Å². The van der Waals surface area contributed by atoms with Crippen molar-refractivity contribution in [1.29, 1.82) is 0 Å². The van der Waals surface area contributed by atoms with Crippen molar-refractivity contribution >= 4 is 29.1 Å². The maximum absolute atomic E-state index is 12.3. The number of carbonyl (C=O) groups excluding carboxylic acids is 3. The molecule has 0 radical (unpaired) electrons. The van der Waals surface area contributed by atoms with E-state index in [1.165, 1.54) is 4.90 Å². The molecule has 0 saturated carbocycles. The van der Waals surface area contributed by atoms with Gasteiger partial charge in [-0.3, -0.25) is 19.3 Å². The van der Waals surface area contributed by atoms with Crippen LogP contribution in [0.3, 0.4) is 0 Å². The molecular weight excluding hydrogens is 398 g/mol. The minimum atomic E-state index is -0.351. The van der Waals surface area contributed by atoms with Gasteiger partial charge in [0.2, 0.25) is 17.7 Å². The minimum Gasteiger partial charge on any atom is -0.378 e. The molecule has 0 spiro atoms. The van der Waals surface area contributed by atoms with E-state index in [0.717, 1.165) is 32.0 Å². The van der Waals surface area contributed by atoms with Crippen LogP contribution in [-0.4, -0.2) is 93.1 Å². The summed E-state index contributed by atoms with van der Waals surface area (Å²) in [6, 6.07) is 7.70. The SMILES string of the molecule is CN(CC(=O)Nc1ccc(N2CCOCC2)cc1)CC(=O)N(C)CC(=O)NC(C)(C)C. The molecule has 2 rings (SSSR count). The molecule has 1 aliphatic rings. The highest BCUT2D eigenvalue weighted by Crippen LogP contribution is 2.19. The number of nitrogens with zero attached hydrogens (tertiary/aromatic N) is 3. The van der Waals surface area contributed by atoms with E-state index in [0.29, 0.717) is 5.69 Å². The lowest BCUT2D eigenvalue weighted by atomic mass is 10.1. The Morgan fingerprint density at radius 2 is 1.58 bits per heavy atom. The van der Waals surface area contributed by atoms with Gasteiger partial charge in [0.15, 0.2) is 0 Å². The number of hydrogen-bond donors (Lipinski definition) is 2. The Kier molecular flexibility index (Phi) is 8.82. The molecule has 0 atom stereocenters. The van der Waals surface area contributed by atoms with Crippen LogP contribution in [0.15, 0.2) is 24.3 Å². The van der Waals surface area contributed by atoms with Crippen molar-refractivity contribution in [2.45, 2.75) is 26.3 Å². The van der Waals surface area contributed by atoms with E-state index >= 15 is 0 Å². The van der Waals surface area contributed by atoms with Gasteiger partial charge in [-0.2, -0.15) is 0 Å². The lowest BCUT2D eigenvalue weighted by molar-refractivity contribution is -0.136. The average molecular weight is 434 g/mol. The van der Waals surface area contributed by atoms with Crippen molar-refractivity contribution in [1.82, 2.24) is 15.1 Å². The Morgan fingerprint density at radius 3 is 2.16 bits per heavy atom. The van der Waals surface area contributed by atoms with Gasteiger partial charge in [-0.15, -0.1) is 0 Å². The van der Waals surface area contributed by atoms with Crippen molar-refractivity contribution < 1.29 is 19.1 Å². The number of nitrogens with one attached hydrogen (secondary N) is 2. The first-order valence-electron chi connectivity index (χ1n) is 10.5. The number of benzene rings is 1. The second-order valence-electron chi connectivity index (χ2n) is 8.91. The third kappa shape index (κ3) is 8.94. The first kappa shape index (κ1) is 24.6. The predicted octanol–water partition coefficient (Wildman–Crippen LogP) is 0.767. The van der Waals surface area contributed by atoms with Crippen molar-refractivity contribution in [3.8, 4) is 0 Å². The van der Waals surface area contributed by atoms with Gasteiger partial charge in [-0.05, 0) is 52.1 Å². The first-order valence-corrected chi connectivity index (χ1v) is 10.5. The summed E-state index contributed by atoms with van der Waals surface area (Å²) in [6.07, 6.45) is 0. The van der Waals surface area contributed by atoms with E-state index in [1.54, 1.807) is 19.0 Å². The molecule has 1 fully saturated rings. The van der Waals surface area contributed by atoms with Crippen LogP contribution in [0.5, 0.6) is 0 Å². The number of rotatable bonds is 8. The summed E-state index contributed by atoms with van der Waals surface area (Å²) in [5.41, 5.74) is 1.45. The van der Waals surface area contributed by atoms with Gasteiger partial charge in [-0.1, -0.05) is 0 Å². The second-order valence-corrected chi connectivity index (χ2v) is 8.91. The molecule has 1 aromatic carbocycles. The van der Waals surface area contributed by atoms with E-state index in [9.17, 15) is 14.4 Å². The molecule has 31 heavy (non-hydrogen) atoms. The van der Waals surface area contributed by atoms with Gasteiger partial charge >= 0.3 is 0 Å². The average Bonchev–Trinajstić information content (AvgIpc) is 2.67. The standard InChI is InChI=1S/C22H35N5O4/c1-22(2,3)24-20(29)15-26(5)21(30)16-25(4)14-19(28)23-17-6-8-18(9-7-17)27-10-12-31-13-11-27/h6-9H,10-16H2,1-5H3,(H,23,28)(H,24,29). The quantitative estimate of drug-likeness (QED) is 0.629. The lowest BCUT2D eigenvalue weighted by Gasteiger charge is -2.29. The maximum atomic E-state index is 12.3. The van der Waals surface area contributed by atoms with E-state index < -0.39 is 0 Å². The first-order chi connectivity index (χ1) is 14.5. The number of carbonyl (C=O) groups is 3. The van der Waals surface area contributed by atoms with Gasteiger partial charge in [0, 0.05) is 37.1 Å². The summed E-state index contributed by atoms with van der Waals surface area (Å²) in [5.74, 6) is -0.652. The Labute approximate surface area is 184 Å². The lowest BCUT2D eigenvalue weighted by Crippen LogP contribution is -2.48. The van der Waals surface area contributed by atoms with Crippen molar-refractivity contribution in [2.75, 3.05) is 70.2 Å². The molecule has 0 unspecified atom stereocenters. The van der Waals surface area contributed by atoms with Gasteiger partial charge in [0.1, 0.15) is 0 Å². The highest BCUT2D eigenvalue weighted by molar-refractivity contribution is 5.93.